The first-order chi connectivity index (χ1) is 15.5. The smallest absolute Gasteiger partial charge is 0.272 e. The molecule has 0 saturated carbocycles. The highest BCUT2D eigenvalue weighted by Gasteiger charge is 2.18. The second kappa shape index (κ2) is 8.83. The summed E-state index contributed by atoms with van der Waals surface area (Å²) in [6.45, 7) is 0.280. The van der Waals surface area contributed by atoms with Gasteiger partial charge in [-0.3, -0.25) is 9.36 Å². The first-order valence-electron chi connectivity index (χ1n) is 9.59. The van der Waals surface area contributed by atoms with Gasteiger partial charge in [-0.2, -0.15) is 0 Å². The monoisotopic (exact) mass is 501 g/mol. The van der Waals surface area contributed by atoms with Gasteiger partial charge in [0, 0.05) is 27.4 Å². The number of thiophene rings is 1. The maximum absolute atomic E-state index is 13.5. The van der Waals surface area contributed by atoms with Gasteiger partial charge in [0.05, 0.1) is 12.1 Å². The molecule has 0 bridgehead atoms. The van der Waals surface area contributed by atoms with E-state index in [0.717, 1.165) is 21.3 Å². The van der Waals surface area contributed by atoms with Crippen LogP contribution < -0.4 is 5.56 Å². The van der Waals surface area contributed by atoms with Crippen molar-refractivity contribution in [3.05, 3.63) is 98.1 Å². The lowest BCUT2D eigenvalue weighted by Crippen LogP contribution is -2.23. The number of fused-ring (bicyclic) bond motifs is 3. The highest BCUT2D eigenvalue weighted by atomic mass is 35.5. The van der Waals surface area contributed by atoms with Crippen LogP contribution in [0.2, 0.25) is 10.0 Å². The lowest BCUT2D eigenvalue weighted by Gasteiger charge is -2.13. The maximum Gasteiger partial charge on any atom is 0.272 e. The summed E-state index contributed by atoms with van der Waals surface area (Å²) in [5.41, 5.74) is 2.06. The Morgan fingerprint density at radius 2 is 1.88 bits per heavy atom. The number of nitrogens with zero attached hydrogens (tertiary/aromatic N) is 3. The van der Waals surface area contributed by atoms with E-state index in [-0.39, 0.29) is 12.1 Å². The van der Waals surface area contributed by atoms with Crippen molar-refractivity contribution in [2.75, 3.05) is 0 Å². The fraction of sp³-hybridized carbons (Fsp3) is 0.0870. The van der Waals surface area contributed by atoms with Crippen molar-refractivity contribution >= 4 is 66.7 Å². The molecule has 9 heteroatoms. The van der Waals surface area contributed by atoms with Crippen LogP contribution in [0.25, 0.3) is 20.4 Å². The van der Waals surface area contributed by atoms with Gasteiger partial charge in [0.25, 0.3) is 5.56 Å². The molecular weight excluding hydrogens is 488 g/mol. The van der Waals surface area contributed by atoms with Crippen molar-refractivity contribution in [3.63, 3.8) is 0 Å². The quantitative estimate of drug-likeness (QED) is 0.196. The molecule has 0 fully saturated rings. The molecule has 0 aliphatic heterocycles. The van der Waals surface area contributed by atoms with Crippen LogP contribution in [0.4, 0.5) is 4.39 Å². The predicted octanol–water partition coefficient (Wildman–Crippen LogP) is 6.79. The van der Waals surface area contributed by atoms with Gasteiger partial charge in [-0.05, 0) is 41.5 Å². The molecule has 0 aliphatic carbocycles. The van der Waals surface area contributed by atoms with Crippen LogP contribution in [0, 0.1) is 5.82 Å². The van der Waals surface area contributed by atoms with Crippen LogP contribution in [-0.2, 0) is 12.3 Å². The molecule has 0 radical (unpaired) electrons. The van der Waals surface area contributed by atoms with Gasteiger partial charge in [0.2, 0.25) is 0 Å². The molecule has 0 atom stereocenters. The molecule has 0 spiro atoms. The first kappa shape index (κ1) is 21.4. The van der Waals surface area contributed by atoms with E-state index in [0.29, 0.717) is 31.2 Å². The minimum atomic E-state index is -0.392. The molecule has 5 rings (SSSR count). The first-order valence-corrected chi connectivity index (χ1v) is 12.2. The van der Waals surface area contributed by atoms with Crippen LogP contribution in [-0.4, -0.2) is 14.5 Å². The van der Waals surface area contributed by atoms with E-state index in [1.54, 1.807) is 22.9 Å². The van der Waals surface area contributed by atoms with Crippen molar-refractivity contribution in [2.45, 2.75) is 17.5 Å². The number of hydrogen-bond donors (Lipinski definition) is 0. The van der Waals surface area contributed by atoms with Crippen LogP contribution in [0.1, 0.15) is 11.1 Å². The number of pyridine rings is 1. The van der Waals surface area contributed by atoms with Crippen molar-refractivity contribution in [1.82, 2.24) is 14.5 Å². The van der Waals surface area contributed by atoms with E-state index >= 15 is 0 Å². The Morgan fingerprint density at radius 1 is 1.03 bits per heavy atom. The van der Waals surface area contributed by atoms with Crippen LogP contribution >= 0.6 is 46.3 Å². The molecule has 4 nitrogen and oxygen atoms in total. The van der Waals surface area contributed by atoms with Gasteiger partial charge < -0.3 is 0 Å². The molecule has 0 unspecified atom stereocenters. The average Bonchev–Trinajstić information content (AvgIpc) is 3.16. The Balaban J connectivity index is 1.64. The van der Waals surface area contributed by atoms with Crippen LogP contribution in [0.3, 0.4) is 0 Å². The topological polar surface area (TPSA) is 47.8 Å². The Hall–Kier alpha value is -2.45. The van der Waals surface area contributed by atoms with E-state index in [1.165, 1.54) is 35.2 Å². The number of thioether (sulfide) groups is 1. The number of aromatic nitrogens is 3. The Morgan fingerprint density at radius 3 is 2.69 bits per heavy atom. The molecule has 160 valence electrons. The van der Waals surface area contributed by atoms with Crippen LogP contribution in [0.15, 0.2) is 70.7 Å². The highest BCUT2D eigenvalue weighted by Crippen LogP contribution is 2.32. The number of halogens is 3. The molecule has 32 heavy (non-hydrogen) atoms. The zero-order chi connectivity index (χ0) is 22.2. The standard InChI is InChI=1S/C23H14Cl2FN3OS2/c24-17-6-2-1-4-13(17)11-29-22(30)20-19(16-5-3-9-27-21(16)32-20)28-23(29)31-12-14-7-8-15(26)10-18(14)25/h1-10H,11-12H2. The van der Waals surface area contributed by atoms with Crippen LogP contribution in [0.5, 0.6) is 0 Å². The summed E-state index contributed by atoms with van der Waals surface area (Å²) in [4.78, 5) is 23.5. The second-order valence-electron chi connectivity index (χ2n) is 7.04. The molecule has 2 aromatic carbocycles. The highest BCUT2D eigenvalue weighted by molar-refractivity contribution is 7.98. The van der Waals surface area contributed by atoms with Crippen molar-refractivity contribution in [2.24, 2.45) is 0 Å². The summed E-state index contributed by atoms with van der Waals surface area (Å²) in [7, 11) is 0. The lowest BCUT2D eigenvalue weighted by molar-refractivity contribution is 0.627. The number of rotatable bonds is 5. The molecule has 0 saturated heterocycles. The lowest BCUT2D eigenvalue weighted by atomic mass is 10.2. The largest absolute Gasteiger partial charge is 0.282 e. The van der Waals surface area contributed by atoms with E-state index < -0.39 is 5.82 Å². The minimum absolute atomic E-state index is 0.148. The third kappa shape index (κ3) is 4.01. The van der Waals surface area contributed by atoms with E-state index in [4.69, 9.17) is 28.2 Å². The minimum Gasteiger partial charge on any atom is -0.282 e. The van der Waals surface area contributed by atoms with E-state index in [2.05, 4.69) is 4.98 Å². The Labute approximate surface area is 200 Å². The Bertz CT molecular complexity index is 1530. The third-order valence-corrected chi connectivity index (χ3v) is 7.81. The molecule has 3 aromatic heterocycles. The maximum atomic E-state index is 13.5. The predicted molar refractivity (Wildman–Crippen MR) is 131 cm³/mol. The van der Waals surface area contributed by atoms with Crippen molar-refractivity contribution in [3.8, 4) is 0 Å². The SMILES string of the molecule is O=c1c2sc3ncccc3c2nc(SCc2ccc(F)cc2Cl)n1Cc1ccccc1Cl. The zero-order valence-corrected chi connectivity index (χ0v) is 19.5. The Kier molecular flexibility index (Phi) is 5.90. The molecule has 0 aliphatic rings. The normalized spacial score (nSPS) is 11.5. The van der Waals surface area contributed by atoms with E-state index in [1.807, 2.05) is 30.3 Å². The van der Waals surface area contributed by atoms with Gasteiger partial charge in [0.15, 0.2) is 5.16 Å². The summed E-state index contributed by atoms with van der Waals surface area (Å²) in [5, 5.41) is 2.29. The summed E-state index contributed by atoms with van der Waals surface area (Å²) >= 11 is 15.3. The molecular formula is C23H14Cl2FN3OS2. The summed E-state index contributed by atoms with van der Waals surface area (Å²) in [6, 6.07) is 15.4. The van der Waals surface area contributed by atoms with Crippen molar-refractivity contribution < 1.29 is 4.39 Å². The fourth-order valence-corrected chi connectivity index (χ4v) is 5.90. The molecule has 5 aromatic rings. The van der Waals surface area contributed by atoms with Gasteiger partial charge in [-0.15, -0.1) is 11.3 Å². The molecule has 3 heterocycles. The van der Waals surface area contributed by atoms with Gasteiger partial charge >= 0.3 is 0 Å². The third-order valence-electron chi connectivity index (χ3n) is 4.98. The zero-order valence-electron chi connectivity index (χ0n) is 16.4. The number of hydrogen-bond acceptors (Lipinski definition) is 5. The second-order valence-corrected chi connectivity index (χ2v) is 9.79. The molecule has 0 N–H and O–H groups in total. The summed E-state index contributed by atoms with van der Waals surface area (Å²) in [5.74, 6) is 0.0380. The average molecular weight is 502 g/mol. The van der Waals surface area contributed by atoms with E-state index in [9.17, 15) is 9.18 Å². The number of benzene rings is 2. The summed E-state index contributed by atoms with van der Waals surface area (Å²) in [6.07, 6.45) is 1.70. The van der Waals surface area contributed by atoms with Gasteiger partial charge in [-0.1, -0.05) is 59.2 Å². The molecule has 0 amide bonds. The van der Waals surface area contributed by atoms with Gasteiger partial charge in [-0.25, -0.2) is 14.4 Å². The van der Waals surface area contributed by atoms with Gasteiger partial charge in [0.1, 0.15) is 15.3 Å². The van der Waals surface area contributed by atoms with Crippen molar-refractivity contribution in [1.29, 1.82) is 0 Å². The fourth-order valence-electron chi connectivity index (χ4n) is 3.37. The summed E-state index contributed by atoms with van der Waals surface area (Å²) < 4.78 is 15.6.